The van der Waals surface area contributed by atoms with Crippen molar-refractivity contribution in [1.82, 2.24) is 5.32 Å². The van der Waals surface area contributed by atoms with E-state index < -0.39 is 0 Å². The molecule has 19 heavy (non-hydrogen) atoms. The van der Waals surface area contributed by atoms with E-state index in [1.54, 1.807) is 7.11 Å². The minimum Gasteiger partial charge on any atom is -0.497 e. The Hall–Kier alpha value is -1.06. The SMILES string of the molecule is COc1ccc2c(c1)C(NC1CC(O)C1(C)C)CC2. The largest absolute Gasteiger partial charge is 0.497 e. The first-order chi connectivity index (χ1) is 9.02. The molecule has 0 spiro atoms. The topological polar surface area (TPSA) is 41.5 Å². The Morgan fingerprint density at radius 1 is 1.37 bits per heavy atom. The van der Waals surface area contributed by atoms with Gasteiger partial charge in [0.1, 0.15) is 5.75 Å². The number of ether oxygens (including phenoxy) is 1. The number of rotatable bonds is 3. The van der Waals surface area contributed by atoms with Gasteiger partial charge in [-0.05, 0) is 42.5 Å². The molecule has 2 N–H and O–H groups in total. The highest BCUT2D eigenvalue weighted by Crippen LogP contribution is 2.43. The van der Waals surface area contributed by atoms with E-state index in [-0.39, 0.29) is 11.5 Å². The molecule has 104 valence electrons. The molecule has 0 bridgehead atoms. The molecule has 0 saturated heterocycles. The summed E-state index contributed by atoms with van der Waals surface area (Å²) >= 11 is 0. The van der Waals surface area contributed by atoms with Gasteiger partial charge in [0.15, 0.2) is 0 Å². The van der Waals surface area contributed by atoms with Gasteiger partial charge in [0.05, 0.1) is 13.2 Å². The second-order valence-electron chi connectivity index (χ2n) is 6.45. The number of hydrogen-bond acceptors (Lipinski definition) is 3. The van der Waals surface area contributed by atoms with E-state index in [1.165, 1.54) is 11.1 Å². The van der Waals surface area contributed by atoms with Gasteiger partial charge < -0.3 is 15.2 Å². The number of hydrogen-bond donors (Lipinski definition) is 2. The van der Waals surface area contributed by atoms with Crippen molar-refractivity contribution < 1.29 is 9.84 Å². The van der Waals surface area contributed by atoms with Gasteiger partial charge in [-0.15, -0.1) is 0 Å². The van der Waals surface area contributed by atoms with E-state index in [4.69, 9.17) is 4.74 Å². The number of benzene rings is 1. The third-order valence-corrected chi connectivity index (χ3v) is 5.05. The number of aryl methyl sites for hydroxylation is 1. The molecule has 3 heteroatoms. The van der Waals surface area contributed by atoms with Gasteiger partial charge in [-0.2, -0.15) is 0 Å². The minimum absolute atomic E-state index is 0.0123. The molecule has 3 unspecified atom stereocenters. The van der Waals surface area contributed by atoms with Gasteiger partial charge in [0.25, 0.3) is 0 Å². The molecule has 3 atom stereocenters. The average Bonchev–Trinajstić information content (AvgIpc) is 2.81. The zero-order valence-corrected chi connectivity index (χ0v) is 11.9. The Morgan fingerprint density at radius 2 is 2.16 bits per heavy atom. The molecule has 2 aliphatic carbocycles. The molecule has 3 nitrogen and oxygen atoms in total. The zero-order valence-electron chi connectivity index (χ0n) is 11.9. The van der Waals surface area contributed by atoms with Gasteiger partial charge in [-0.1, -0.05) is 19.9 Å². The molecule has 1 aromatic rings. The molecule has 1 saturated carbocycles. The van der Waals surface area contributed by atoms with Crippen LogP contribution in [0.3, 0.4) is 0 Å². The molecule has 0 aliphatic heterocycles. The lowest BCUT2D eigenvalue weighted by atomic mass is 9.64. The average molecular weight is 261 g/mol. The van der Waals surface area contributed by atoms with Gasteiger partial charge >= 0.3 is 0 Å². The Bertz CT molecular complexity index is 484. The maximum absolute atomic E-state index is 9.84. The fourth-order valence-electron chi connectivity index (χ4n) is 3.31. The second kappa shape index (κ2) is 4.50. The lowest BCUT2D eigenvalue weighted by Crippen LogP contribution is -2.60. The van der Waals surface area contributed by atoms with Gasteiger partial charge in [-0.3, -0.25) is 0 Å². The number of fused-ring (bicyclic) bond motifs is 1. The van der Waals surface area contributed by atoms with Crippen LogP contribution < -0.4 is 10.1 Å². The van der Waals surface area contributed by atoms with Crippen LogP contribution in [0.2, 0.25) is 0 Å². The van der Waals surface area contributed by atoms with Crippen molar-refractivity contribution >= 4 is 0 Å². The van der Waals surface area contributed by atoms with Crippen molar-refractivity contribution in [3.63, 3.8) is 0 Å². The van der Waals surface area contributed by atoms with Crippen LogP contribution in [0, 0.1) is 5.41 Å². The van der Waals surface area contributed by atoms with E-state index in [0.29, 0.717) is 12.1 Å². The van der Waals surface area contributed by atoms with Gasteiger partial charge in [-0.25, -0.2) is 0 Å². The first kappa shape index (κ1) is 12.9. The lowest BCUT2D eigenvalue weighted by Gasteiger charge is -2.50. The molecule has 0 heterocycles. The minimum atomic E-state index is -0.170. The Labute approximate surface area is 115 Å². The van der Waals surface area contributed by atoms with Crippen LogP contribution in [-0.2, 0) is 6.42 Å². The van der Waals surface area contributed by atoms with Crippen molar-refractivity contribution in [1.29, 1.82) is 0 Å². The van der Waals surface area contributed by atoms with Crippen LogP contribution in [0.25, 0.3) is 0 Å². The van der Waals surface area contributed by atoms with Gasteiger partial charge in [0, 0.05) is 17.5 Å². The fourth-order valence-corrected chi connectivity index (χ4v) is 3.31. The first-order valence-corrected chi connectivity index (χ1v) is 7.13. The summed E-state index contributed by atoms with van der Waals surface area (Å²) in [6.45, 7) is 4.28. The molecule has 2 aliphatic rings. The number of methoxy groups -OCH3 is 1. The summed E-state index contributed by atoms with van der Waals surface area (Å²) in [5.41, 5.74) is 2.79. The summed E-state index contributed by atoms with van der Waals surface area (Å²) in [6.07, 6.45) is 2.97. The first-order valence-electron chi connectivity index (χ1n) is 7.13. The molecule has 0 amide bonds. The third kappa shape index (κ3) is 2.05. The maximum Gasteiger partial charge on any atom is 0.119 e. The molecule has 1 aromatic carbocycles. The highest BCUT2D eigenvalue weighted by atomic mass is 16.5. The number of aliphatic hydroxyl groups is 1. The van der Waals surface area contributed by atoms with Crippen LogP contribution >= 0.6 is 0 Å². The molecule has 3 rings (SSSR count). The predicted octanol–water partition coefficient (Wildman–Crippen LogP) is 2.43. The van der Waals surface area contributed by atoms with E-state index in [2.05, 4.69) is 31.3 Å². The van der Waals surface area contributed by atoms with Crippen LogP contribution in [0.1, 0.15) is 43.9 Å². The van der Waals surface area contributed by atoms with Gasteiger partial charge in [0.2, 0.25) is 0 Å². The molecule has 0 aromatic heterocycles. The fraction of sp³-hybridized carbons (Fsp3) is 0.625. The highest BCUT2D eigenvalue weighted by molar-refractivity contribution is 5.41. The lowest BCUT2D eigenvalue weighted by molar-refractivity contribution is -0.0760. The van der Waals surface area contributed by atoms with Crippen LogP contribution in [-0.4, -0.2) is 24.4 Å². The molecule has 1 fully saturated rings. The van der Waals surface area contributed by atoms with Crippen molar-refractivity contribution in [2.24, 2.45) is 5.41 Å². The monoisotopic (exact) mass is 261 g/mol. The van der Waals surface area contributed by atoms with E-state index in [0.717, 1.165) is 25.0 Å². The quantitative estimate of drug-likeness (QED) is 0.878. The Morgan fingerprint density at radius 3 is 2.79 bits per heavy atom. The van der Waals surface area contributed by atoms with E-state index >= 15 is 0 Å². The predicted molar refractivity (Wildman–Crippen MR) is 75.4 cm³/mol. The van der Waals surface area contributed by atoms with Crippen molar-refractivity contribution in [3.8, 4) is 5.75 Å². The number of nitrogens with one attached hydrogen (secondary N) is 1. The summed E-state index contributed by atoms with van der Waals surface area (Å²) in [5.74, 6) is 0.931. The molecule has 0 radical (unpaired) electrons. The maximum atomic E-state index is 9.84. The standard InChI is InChI=1S/C16H23NO2/c1-16(2)14(9-15(16)18)17-13-7-5-10-4-6-11(19-3)8-12(10)13/h4,6,8,13-15,17-18H,5,7,9H2,1-3H3. The normalized spacial score (nSPS) is 31.7. The third-order valence-electron chi connectivity index (χ3n) is 5.05. The van der Waals surface area contributed by atoms with Crippen LogP contribution in [0.5, 0.6) is 5.75 Å². The second-order valence-corrected chi connectivity index (χ2v) is 6.45. The number of aliphatic hydroxyl groups excluding tert-OH is 1. The van der Waals surface area contributed by atoms with Crippen LogP contribution in [0.4, 0.5) is 0 Å². The zero-order chi connectivity index (χ0) is 13.6. The highest BCUT2D eigenvalue weighted by Gasteiger charge is 2.48. The molecular formula is C16H23NO2. The Kier molecular flexibility index (Phi) is 3.06. The van der Waals surface area contributed by atoms with E-state index in [9.17, 15) is 5.11 Å². The van der Waals surface area contributed by atoms with E-state index in [1.807, 2.05) is 6.07 Å². The molecular weight excluding hydrogens is 238 g/mol. The summed E-state index contributed by atoms with van der Waals surface area (Å²) < 4.78 is 5.32. The summed E-state index contributed by atoms with van der Waals surface area (Å²) in [6, 6.07) is 7.18. The van der Waals surface area contributed by atoms with Crippen LogP contribution in [0.15, 0.2) is 18.2 Å². The Balaban J connectivity index is 1.76. The summed E-state index contributed by atoms with van der Waals surface area (Å²) in [7, 11) is 1.71. The van der Waals surface area contributed by atoms with Crippen molar-refractivity contribution in [3.05, 3.63) is 29.3 Å². The summed E-state index contributed by atoms with van der Waals surface area (Å²) in [4.78, 5) is 0. The van der Waals surface area contributed by atoms with Crippen molar-refractivity contribution in [2.45, 2.75) is 51.3 Å². The summed E-state index contributed by atoms with van der Waals surface area (Å²) in [5, 5.41) is 13.6. The smallest absolute Gasteiger partial charge is 0.119 e. The van der Waals surface area contributed by atoms with Crippen molar-refractivity contribution in [2.75, 3.05) is 7.11 Å².